The van der Waals surface area contributed by atoms with Gasteiger partial charge in [0.2, 0.25) is 0 Å². The predicted octanol–water partition coefficient (Wildman–Crippen LogP) is 6.63. The molecule has 14 heteroatoms. The van der Waals surface area contributed by atoms with Crippen LogP contribution in [0.2, 0.25) is 0 Å². The van der Waals surface area contributed by atoms with Crippen molar-refractivity contribution in [1.29, 1.82) is 0 Å². The minimum absolute atomic E-state index is 0. The molecule has 0 saturated carbocycles. The van der Waals surface area contributed by atoms with Crippen molar-refractivity contribution >= 4 is 27.5 Å². The van der Waals surface area contributed by atoms with Crippen molar-refractivity contribution < 1.29 is 51.0 Å². The van der Waals surface area contributed by atoms with Crippen LogP contribution in [0.3, 0.4) is 0 Å². The minimum atomic E-state index is -0.810. The van der Waals surface area contributed by atoms with Crippen molar-refractivity contribution in [2.45, 2.75) is 101 Å². The number of terminal acetylenes is 1. The van der Waals surface area contributed by atoms with Crippen molar-refractivity contribution in [1.82, 2.24) is 30.1 Å². The Hall–Kier alpha value is -3.12. The van der Waals surface area contributed by atoms with Crippen molar-refractivity contribution in [2.24, 2.45) is 0 Å². The summed E-state index contributed by atoms with van der Waals surface area (Å²) in [7, 11) is 0. The molecule has 2 aromatic carbocycles. The first-order valence-corrected chi connectivity index (χ1v) is 20.4. The molecule has 0 aliphatic carbocycles. The minimum Gasteiger partial charge on any atom is -0.662 e. The number of aromatic nitrogens is 3. The molecule has 6 saturated heterocycles. The largest absolute Gasteiger partial charge is 0.662 e. The third kappa shape index (κ3) is 8.92. The monoisotopic (exact) mass is 858 g/mol. The van der Waals surface area contributed by atoms with E-state index in [9.17, 15) is 18.7 Å². The van der Waals surface area contributed by atoms with Crippen molar-refractivity contribution in [3.05, 3.63) is 63.5 Å². The average Bonchev–Trinajstić information content (AvgIpc) is 3.83. The summed E-state index contributed by atoms with van der Waals surface area (Å²) in [6, 6.07) is 6.82. The molecule has 3 N–H and O–H groups in total. The maximum atomic E-state index is 15.9. The molecule has 4 atom stereocenters. The topological polar surface area (TPSA) is 115 Å². The second-order valence-electron chi connectivity index (χ2n) is 16.6. The molecule has 6 aliphatic heterocycles. The zero-order valence-electron chi connectivity index (χ0n) is 32.8. The van der Waals surface area contributed by atoms with Gasteiger partial charge in [-0.3, -0.25) is 9.88 Å². The fraction of sp³-hybridized carbons (Fsp3) is 0.558. The summed E-state index contributed by atoms with van der Waals surface area (Å²) in [6.07, 6.45) is 18.7. The van der Waals surface area contributed by atoms with Gasteiger partial charge >= 0.3 is 5.69 Å². The molecule has 2 bridgehead atoms. The number of aromatic amines is 1. The van der Waals surface area contributed by atoms with E-state index in [-0.39, 0.29) is 71.7 Å². The first-order valence-electron chi connectivity index (χ1n) is 20.4. The second kappa shape index (κ2) is 18.0. The Morgan fingerprint density at radius 3 is 2.44 bits per heavy atom. The van der Waals surface area contributed by atoms with Crippen molar-refractivity contribution in [2.75, 3.05) is 57.3 Å². The number of pyridine rings is 1. The van der Waals surface area contributed by atoms with Crippen LogP contribution in [0.25, 0.3) is 38.2 Å². The van der Waals surface area contributed by atoms with Crippen LogP contribution in [0.5, 0.6) is 5.75 Å². The smallest absolute Gasteiger partial charge is 0.347 e. The van der Waals surface area contributed by atoms with Gasteiger partial charge in [0, 0.05) is 93.2 Å². The zero-order chi connectivity index (χ0) is 39.0. The Kier molecular flexibility index (Phi) is 13.3. The fourth-order valence-corrected chi connectivity index (χ4v) is 10.0. The van der Waals surface area contributed by atoms with E-state index >= 15 is 4.39 Å². The molecule has 10 nitrogen and oxygen atoms in total. The number of H-pyrrole nitrogens is 1. The molecule has 6 aliphatic rings. The van der Waals surface area contributed by atoms with Crippen LogP contribution < -0.4 is 15.9 Å². The van der Waals surface area contributed by atoms with Gasteiger partial charge in [-0.15, -0.1) is 19.5 Å². The van der Waals surface area contributed by atoms with Gasteiger partial charge in [0.1, 0.15) is 29.3 Å². The van der Waals surface area contributed by atoms with E-state index in [2.05, 4.69) is 48.2 Å². The van der Waals surface area contributed by atoms with Gasteiger partial charge in [0.25, 0.3) is 0 Å². The normalized spacial score (nSPS) is 26.2. The van der Waals surface area contributed by atoms with E-state index in [4.69, 9.17) is 6.42 Å². The Balaban J connectivity index is 0.000000175. The number of hydrogen-bond donors (Lipinski definition) is 3. The molecule has 2 unspecified atom stereocenters. The summed E-state index contributed by atoms with van der Waals surface area (Å²) in [5, 5.41) is 19.2. The van der Waals surface area contributed by atoms with Crippen LogP contribution in [0.15, 0.2) is 35.3 Å². The summed E-state index contributed by atoms with van der Waals surface area (Å²) in [5.74, 6) is 1.09. The zero-order valence-corrected chi connectivity index (χ0v) is 35.6. The van der Waals surface area contributed by atoms with Crippen LogP contribution in [-0.4, -0.2) is 112 Å². The number of piperidine rings is 2. The number of nitrogens with zero attached hydrogens (tertiary/aromatic N) is 6. The van der Waals surface area contributed by atoms with Crippen LogP contribution >= 0.6 is 0 Å². The molecule has 8 heterocycles. The standard InChI is InChI=1S/C25H19F2N5O2.C10H19N2.C8H14FN.Y/c1-2-16-19(26)6-3-12-7-15(33)8-17(20(12)16)22-21(27)23-18(9-28-22)24(31-25(34)30-23)32-10-13-4-5-14(11-32)29-13;1-2-8-12(9-3-1)10-4-6-11-7-5-10;1-8-3-2-4-10(8)6-7(9)5-8;/h1,3,6-9,13-14,29,33H,4-5,10-11H2,(H,30,31,34);10H,1-9H2;7H,2-6H2,1H3;/q;-1;;/t;;7-,8+;/m..1./s1. The van der Waals surface area contributed by atoms with Gasteiger partial charge in [-0.05, 0) is 95.1 Å². The quantitative estimate of drug-likeness (QED) is 0.197. The SMILES string of the molecule is C#Cc1c(F)ccc2cc(O)cc(-c3ncc4c(N5CC6CCC(C5)N6)nc(=O)[nH]c4c3F)c12.C1CCN(C2CC[N-]CC2)CC1.C[C@@]12CCCN1C[C@H](F)C2.[Y]. The van der Waals surface area contributed by atoms with Gasteiger partial charge in [-0.25, -0.2) is 18.0 Å². The van der Waals surface area contributed by atoms with Crippen molar-refractivity contribution in [3.8, 4) is 29.4 Å². The predicted molar refractivity (Wildman–Crippen MR) is 215 cm³/mol. The van der Waals surface area contributed by atoms with Crippen LogP contribution in [0, 0.1) is 24.0 Å². The van der Waals surface area contributed by atoms with Crippen LogP contribution in [-0.2, 0) is 32.7 Å². The Labute approximate surface area is 357 Å². The van der Waals surface area contributed by atoms with E-state index in [1.165, 1.54) is 88.5 Å². The Bertz CT molecular complexity index is 2140. The van der Waals surface area contributed by atoms with Gasteiger partial charge in [-0.1, -0.05) is 31.2 Å². The third-order valence-electron chi connectivity index (χ3n) is 12.8. The van der Waals surface area contributed by atoms with Gasteiger partial charge in [-0.2, -0.15) is 4.98 Å². The number of rotatable bonds is 3. The van der Waals surface area contributed by atoms with Gasteiger partial charge in [0.05, 0.1) is 16.5 Å². The Morgan fingerprint density at radius 2 is 1.74 bits per heavy atom. The number of aromatic hydroxyl groups is 1. The van der Waals surface area contributed by atoms with E-state index in [0.717, 1.165) is 44.9 Å². The number of nitrogens with one attached hydrogen (secondary N) is 2. The van der Waals surface area contributed by atoms with Gasteiger partial charge < -0.3 is 30.5 Å². The first-order chi connectivity index (χ1) is 27.1. The van der Waals surface area contributed by atoms with E-state index in [1.54, 1.807) is 0 Å². The summed E-state index contributed by atoms with van der Waals surface area (Å²) < 4.78 is 43.2. The number of phenolic OH excluding ortho intramolecular Hbond substituents is 1. The molecule has 2 aromatic heterocycles. The number of alkyl halides is 1. The number of likely N-dealkylation sites (tertiary alicyclic amines) is 1. The molecule has 1 radical (unpaired) electrons. The van der Waals surface area contributed by atoms with Crippen LogP contribution in [0.4, 0.5) is 19.0 Å². The van der Waals surface area contributed by atoms with E-state index < -0.39 is 23.5 Å². The van der Waals surface area contributed by atoms with Crippen molar-refractivity contribution in [3.63, 3.8) is 0 Å². The first kappa shape index (κ1) is 42.0. The summed E-state index contributed by atoms with van der Waals surface area (Å²) >= 11 is 0. The molecule has 57 heavy (non-hydrogen) atoms. The molecule has 6 fully saturated rings. The average molecular weight is 859 g/mol. The maximum Gasteiger partial charge on any atom is 0.347 e. The number of halogens is 3. The number of piperazine rings is 1. The summed E-state index contributed by atoms with van der Waals surface area (Å²) in [5.41, 5.74) is -0.597. The number of anilines is 1. The molecule has 0 spiro atoms. The second-order valence-corrected chi connectivity index (χ2v) is 16.6. The summed E-state index contributed by atoms with van der Waals surface area (Å²) in [6.45, 7) is 10.3. The molecule has 10 rings (SSSR count). The number of fused-ring (bicyclic) bond motifs is 5. The summed E-state index contributed by atoms with van der Waals surface area (Å²) in [4.78, 5) is 30.4. The van der Waals surface area contributed by atoms with Gasteiger partial charge in [0.15, 0.2) is 5.82 Å². The number of phenols is 1. The fourth-order valence-electron chi connectivity index (χ4n) is 10.0. The molecular weight excluding hydrogens is 806 g/mol. The number of hydrogen-bond acceptors (Lipinski definition) is 8. The third-order valence-corrected chi connectivity index (χ3v) is 12.8. The molecular formula is C43H52F3N8O2Y-. The number of benzene rings is 2. The van der Waals surface area contributed by atoms with Crippen LogP contribution in [0.1, 0.15) is 76.7 Å². The molecule has 301 valence electrons. The van der Waals surface area contributed by atoms with E-state index in [1.807, 2.05) is 4.90 Å². The molecule has 0 amide bonds. The molecule has 4 aromatic rings. The van der Waals surface area contributed by atoms with E-state index in [0.29, 0.717) is 48.3 Å². The Morgan fingerprint density at radius 1 is 1.00 bits per heavy atom. The maximum absolute atomic E-state index is 15.9.